The van der Waals surface area contributed by atoms with Gasteiger partial charge >= 0.3 is 0 Å². The number of hydrogen-bond donors (Lipinski definition) is 0. The van der Waals surface area contributed by atoms with Gasteiger partial charge < -0.3 is 28.7 Å². The van der Waals surface area contributed by atoms with E-state index in [1.165, 1.54) is 0 Å². The Morgan fingerprint density at radius 1 is 1.21 bits per heavy atom. The third-order valence-electron chi connectivity index (χ3n) is 5.80. The summed E-state index contributed by atoms with van der Waals surface area (Å²) >= 11 is 0. The Labute approximate surface area is 171 Å². The predicted octanol–water partition coefficient (Wildman–Crippen LogP) is 2.22. The summed E-state index contributed by atoms with van der Waals surface area (Å²) in [6, 6.07) is 4.20. The van der Waals surface area contributed by atoms with Crippen LogP contribution in [-0.4, -0.2) is 76.3 Å². The molecular formula is C21H28N4O4. The number of morpholine rings is 1. The molecule has 156 valence electrons. The molecule has 1 atom stereocenters. The van der Waals surface area contributed by atoms with E-state index in [9.17, 15) is 0 Å². The van der Waals surface area contributed by atoms with E-state index >= 15 is 0 Å². The Balaban J connectivity index is 1.78. The first-order valence-corrected chi connectivity index (χ1v) is 9.74. The molecule has 0 N–H and O–H groups in total. The van der Waals surface area contributed by atoms with Crippen LogP contribution in [0.15, 0.2) is 24.5 Å². The molecule has 0 saturated carbocycles. The van der Waals surface area contributed by atoms with Crippen molar-refractivity contribution in [3.05, 3.63) is 24.5 Å². The van der Waals surface area contributed by atoms with Gasteiger partial charge in [-0.1, -0.05) is 0 Å². The summed E-state index contributed by atoms with van der Waals surface area (Å²) in [7, 11) is 7.20. The minimum absolute atomic E-state index is 0.146. The maximum absolute atomic E-state index is 6.07. The van der Waals surface area contributed by atoms with Crippen LogP contribution in [0, 0.1) is 0 Å². The molecule has 2 aromatic rings. The topological polar surface area (TPSA) is 69.2 Å². The van der Waals surface area contributed by atoms with Gasteiger partial charge in [-0.25, -0.2) is 9.97 Å². The molecule has 0 radical (unpaired) electrons. The van der Waals surface area contributed by atoms with Crippen LogP contribution in [0.1, 0.15) is 6.92 Å². The Morgan fingerprint density at radius 3 is 2.62 bits per heavy atom. The number of aromatic nitrogens is 2. The maximum atomic E-state index is 6.07. The van der Waals surface area contributed by atoms with Crippen LogP contribution in [0.2, 0.25) is 0 Å². The predicted molar refractivity (Wildman–Crippen MR) is 111 cm³/mol. The van der Waals surface area contributed by atoms with E-state index in [0.717, 1.165) is 29.2 Å². The molecule has 0 aliphatic carbocycles. The van der Waals surface area contributed by atoms with Gasteiger partial charge in [0.25, 0.3) is 0 Å². The zero-order valence-corrected chi connectivity index (χ0v) is 17.6. The average molecular weight is 400 g/mol. The zero-order valence-electron chi connectivity index (χ0n) is 17.6. The van der Waals surface area contributed by atoms with E-state index in [2.05, 4.69) is 27.9 Å². The largest absolute Gasteiger partial charge is 0.492 e. The molecule has 0 bridgehead atoms. The van der Waals surface area contributed by atoms with Gasteiger partial charge in [0.2, 0.25) is 5.88 Å². The highest BCUT2D eigenvalue weighted by molar-refractivity contribution is 5.79. The molecule has 1 spiro atoms. The van der Waals surface area contributed by atoms with Gasteiger partial charge in [-0.2, -0.15) is 0 Å². The molecule has 2 aliphatic heterocycles. The van der Waals surface area contributed by atoms with Gasteiger partial charge in [-0.05, 0) is 19.1 Å². The standard InChI is InChI=1S/C21H28N4O4/c1-14-21(12-28-13-21)29-9-8-25(14)17-10-15(11-23-20(17)27-5)16-6-7-22-19(24(2)3)18(16)26-4/h6-7,10-11,14H,8-9,12-13H2,1-5H3/t14-/m0/s1. The summed E-state index contributed by atoms with van der Waals surface area (Å²) in [5, 5.41) is 0. The molecule has 2 aromatic heterocycles. The second kappa shape index (κ2) is 7.68. The first kappa shape index (κ1) is 19.7. The molecule has 0 amide bonds. The number of methoxy groups -OCH3 is 2. The van der Waals surface area contributed by atoms with Gasteiger partial charge in [0.05, 0.1) is 40.1 Å². The molecule has 4 rings (SSSR count). The van der Waals surface area contributed by atoms with E-state index in [1.54, 1.807) is 20.4 Å². The number of ether oxygens (including phenoxy) is 4. The van der Waals surface area contributed by atoms with Crippen molar-refractivity contribution in [2.24, 2.45) is 0 Å². The van der Waals surface area contributed by atoms with E-state index in [1.807, 2.05) is 31.3 Å². The van der Waals surface area contributed by atoms with Crippen molar-refractivity contribution in [3.8, 4) is 22.8 Å². The Bertz CT molecular complexity index is 885. The number of nitrogens with zero attached hydrogens (tertiary/aromatic N) is 4. The summed E-state index contributed by atoms with van der Waals surface area (Å²) < 4.78 is 22.8. The monoisotopic (exact) mass is 400 g/mol. The summed E-state index contributed by atoms with van der Waals surface area (Å²) in [4.78, 5) is 13.3. The lowest BCUT2D eigenvalue weighted by atomic mass is 9.90. The van der Waals surface area contributed by atoms with Crippen molar-refractivity contribution in [1.82, 2.24) is 9.97 Å². The van der Waals surface area contributed by atoms with Crippen molar-refractivity contribution in [1.29, 1.82) is 0 Å². The van der Waals surface area contributed by atoms with Crippen molar-refractivity contribution in [2.45, 2.75) is 18.6 Å². The minimum atomic E-state index is -0.258. The summed E-state index contributed by atoms with van der Waals surface area (Å²) in [5.41, 5.74) is 2.56. The highest BCUT2D eigenvalue weighted by Gasteiger charge is 2.50. The third-order valence-corrected chi connectivity index (χ3v) is 5.80. The lowest BCUT2D eigenvalue weighted by molar-refractivity contribution is -0.228. The summed E-state index contributed by atoms with van der Waals surface area (Å²) in [5.74, 6) is 2.08. The quantitative estimate of drug-likeness (QED) is 0.757. The second-order valence-corrected chi connectivity index (χ2v) is 7.64. The fraction of sp³-hybridized carbons (Fsp3) is 0.524. The first-order chi connectivity index (χ1) is 14.0. The third kappa shape index (κ3) is 3.26. The normalized spacial score (nSPS) is 20.3. The Morgan fingerprint density at radius 2 is 2.00 bits per heavy atom. The highest BCUT2D eigenvalue weighted by Crippen LogP contribution is 2.42. The van der Waals surface area contributed by atoms with Crippen LogP contribution >= 0.6 is 0 Å². The van der Waals surface area contributed by atoms with Gasteiger partial charge in [0.1, 0.15) is 11.3 Å². The Kier molecular flexibility index (Phi) is 5.23. The molecule has 2 saturated heterocycles. The van der Waals surface area contributed by atoms with Crippen LogP contribution in [0.25, 0.3) is 11.1 Å². The minimum Gasteiger partial charge on any atom is -0.492 e. The van der Waals surface area contributed by atoms with Crippen LogP contribution in [-0.2, 0) is 9.47 Å². The fourth-order valence-corrected chi connectivity index (χ4v) is 4.04. The molecule has 2 aliphatic rings. The molecule has 8 heteroatoms. The number of anilines is 2. The van der Waals surface area contributed by atoms with Crippen LogP contribution in [0.3, 0.4) is 0 Å². The van der Waals surface area contributed by atoms with E-state index in [-0.39, 0.29) is 11.6 Å². The first-order valence-electron chi connectivity index (χ1n) is 9.74. The van der Waals surface area contributed by atoms with E-state index in [4.69, 9.17) is 18.9 Å². The van der Waals surface area contributed by atoms with Gasteiger partial charge in [-0.3, -0.25) is 0 Å². The fourth-order valence-electron chi connectivity index (χ4n) is 4.04. The lowest BCUT2D eigenvalue weighted by Gasteiger charge is -2.53. The molecule has 4 heterocycles. The summed E-state index contributed by atoms with van der Waals surface area (Å²) in [6.07, 6.45) is 3.60. The SMILES string of the molecule is COc1ncc(-c2ccnc(N(C)C)c2OC)cc1N1CCOC2(COC2)[C@@H]1C. The lowest BCUT2D eigenvalue weighted by Crippen LogP contribution is -2.68. The second-order valence-electron chi connectivity index (χ2n) is 7.64. The molecular weight excluding hydrogens is 372 g/mol. The molecule has 29 heavy (non-hydrogen) atoms. The van der Waals surface area contributed by atoms with Crippen molar-refractivity contribution < 1.29 is 18.9 Å². The van der Waals surface area contributed by atoms with Crippen molar-refractivity contribution >= 4 is 11.5 Å². The maximum Gasteiger partial charge on any atom is 0.237 e. The number of rotatable bonds is 5. The van der Waals surface area contributed by atoms with E-state index in [0.29, 0.717) is 31.5 Å². The number of hydrogen-bond acceptors (Lipinski definition) is 8. The van der Waals surface area contributed by atoms with Crippen molar-refractivity contribution in [3.63, 3.8) is 0 Å². The average Bonchev–Trinajstić information content (AvgIpc) is 2.71. The molecule has 0 unspecified atom stereocenters. The molecule has 0 aromatic carbocycles. The smallest absolute Gasteiger partial charge is 0.237 e. The van der Waals surface area contributed by atoms with Crippen LogP contribution in [0.5, 0.6) is 11.6 Å². The van der Waals surface area contributed by atoms with Gasteiger partial charge in [0.15, 0.2) is 11.6 Å². The Hall–Kier alpha value is -2.58. The van der Waals surface area contributed by atoms with Crippen LogP contribution < -0.4 is 19.3 Å². The van der Waals surface area contributed by atoms with Gasteiger partial charge in [0, 0.05) is 44.2 Å². The highest BCUT2D eigenvalue weighted by atomic mass is 16.6. The zero-order chi connectivity index (χ0) is 20.6. The van der Waals surface area contributed by atoms with Gasteiger partial charge in [-0.15, -0.1) is 0 Å². The summed E-state index contributed by atoms with van der Waals surface area (Å²) in [6.45, 7) is 4.81. The number of pyridine rings is 2. The van der Waals surface area contributed by atoms with Crippen molar-refractivity contribution in [2.75, 3.05) is 64.5 Å². The van der Waals surface area contributed by atoms with Crippen LogP contribution in [0.4, 0.5) is 11.5 Å². The van der Waals surface area contributed by atoms with E-state index < -0.39 is 0 Å². The molecule has 2 fully saturated rings. The molecule has 8 nitrogen and oxygen atoms in total.